The number of hydrogen-bond donors (Lipinski definition) is 4. The fourth-order valence-electron chi connectivity index (χ4n) is 1.14. The van der Waals surface area contributed by atoms with Gasteiger partial charge in [-0.15, -0.1) is 0 Å². The van der Waals surface area contributed by atoms with Gasteiger partial charge >= 0.3 is 0 Å². The van der Waals surface area contributed by atoms with Crippen LogP contribution in [0.5, 0.6) is 5.75 Å². The van der Waals surface area contributed by atoms with E-state index in [0.717, 1.165) is 0 Å². The largest absolute Gasteiger partial charge is 0.490 e. The molecule has 0 aliphatic rings. The lowest BCUT2D eigenvalue weighted by molar-refractivity contribution is 0.401. The first kappa shape index (κ1) is 11.1. The van der Waals surface area contributed by atoms with E-state index >= 15 is 0 Å². The van der Waals surface area contributed by atoms with Crippen LogP contribution in [0.15, 0.2) is 11.0 Å². The first-order valence-electron chi connectivity index (χ1n) is 4.17. The van der Waals surface area contributed by atoms with Gasteiger partial charge in [-0.25, -0.2) is 4.98 Å². The van der Waals surface area contributed by atoms with E-state index in [9.17, 15) is 4.79 Å². The Balaban J connectivity index is 3.32. The van der Waals surface area contributed by atoms with Crippen LogP contribution in [0, 0.1) is 6.92 Å². The van der Waals surface area contributed by atoms with E-state index in [1.807, 2.05) is 0 Å². The van der Waals surface area contributed by atoms with Crippen molar-refractivity contribution >= 4 is 5.70 Å². The third kappa shape index (κ3) is 2.08. The van der Waals surface area contributed by atoms with Crippen LogP contribution >= 0.6 is 0 Å². The Kier molecular flexibility index (Phi) is 3.29. The zero-order valence-electron chi connectivity index (χ0n) is 8.50. The number of methoxy groups -OCH3 is 1. The Morgan fingerprint density at radius 2 is 2.33 bits per heavy atom. The maximum absolute atomic E-state index is 11.5. The van der Waals surface area contributed by atoms with Gasteiger partial charge in [0.2, 0.25) is 5.75 Å². The number of aromatic nitrogens is 2. The molecule has 0 fully saturated rings. The SMILES string of the molecule is COc1c(C)nc(/C(=C/N)NN)[nH]c1=O. The number of nitrogens with zero attached hydrogens (tertiary/aromatic N) is 1. The lowest BCUT2D eigenvalue weighted by Gasteiger charge is -2.07. The molecule has 0 saturated heterocycles. The van der Waals surface area contributed by atoms with Crippen LogP contribution in [0.3, 0.4) is 0 Å². The molecule has 0 aliphatic heterocycles. The number of nitrogens with two attached hydrogens (primary N) is 2. The minimum atomic E-state index is -0.380. The maximum Gasteiger partial charge on any atom is 0.293 e. The zero-order valence-corrected chi connectivity index (χ0v) is 8.50. The average molecular weight is 211 g/mol. The predicted molar refractivity (Wildman–Crippen MR) is 55.6 cm³/mol. The minimum Gasteiger partial charge on any atom is -0.490 e. The molecule has 0 amide bonds. The van der Waals surface area contributed by atoms with Gasteiger partial charge < -0.3 is 20.9 Å². The van der Waals surface area contributed by atoms with Crippen molar-refractivity contribution in [2.75, 3.05) is 7.11 Å². The summed E-state index contributed by atoms with van der Waals surface area (Å²) in [4.78, 5) is 18.0. The number of ether oxygens (including phenoxy) is 1. The van der Waals surface area contributed by atoms with Crippen molar-refractivity contribution < 1.29 is 4.74 Å². The highest BCUT2D eigenvalue weighted by Gasteiger charge is 2.10. The number of hydrazine groups is 1. The van der Waals surface area contributed by atoms with Gasteiger partial charge in [-0.3, -0.25) is 10.6 Å². The van der Waals surface area contributed by atoms with Crippen molar-refractivity contribution in [3.05, 3.63) is 28.1 Å². The van der Waals surface area contributed by atoms with Crippen LogP contribution < -0.4 is 27.3 Å². The number of hydrogen-bond acceptors (Lipinski definition) is 6. The predicted octanol–water partition coefficient (Wildman–Crippen LogP) is -1.19. The van der Waals surface area contributed by atoms with Crippen molar-refractivity contribution in [2.24, 2.45) is 11.6 Å². The molecule has 1 aromatic heterocycles. The molecule has 7 nitrogen and oxygen atoms in total. The summed E-state index contributed by atoms with van der Waals surface area (Å²) < 4.78 is 4.87. The smallest absolute Gasteiger partial charge is 0.293 e. The number of H-pyrrole nitrogens is 1. The number of rotatable bonds is 3. The lowest BCUT2D eigenvalue weighted by atomic mass is 10.3. The van der Waals surface area contributed by atoms with Crippen LogP contribution in [0.4, 0.5) is 0 Å². The molecule has 1 rings (SSSR count). The molecule has 0 atom stereocenters. The third-order valence-corrected chi connectivity index (χ3v) is 1.83. The monoisotopic (exact) mass is 211 g/mol. The molecule has 0 unspecified atom stereocenters. The molecular formula is C8H13N5O2. The van der Waals surface area contributed by atoms with Crippen LogP contribution in [0.1, 0.15) is 11.5 Å². The first-order valence-corrected chi connectivity index (χ1v) is 4.17. The van der Waals surface area contributed by atoms with Gasteiger partial charge in [-0.2, -0.15) is 0 Å². The van der Waals surface area contributed by atoms with E-state index in [2.05, 4.69) is 15.4 Å². The molecule has 1 aromatic rings. The molecular weight excluding hydrogens is 198 g/mol. The molecule has 0 aromatic carbocycles. The molecule has 6 N–H and O–H groups in total. The van der Waals surface area contributed by atoms with Crippen LogP contribution in [0.2, 0.25) is 0 Å². The number of nitrogens with one attached hydrogen (secondary N) is 2. The highest BCUT2D eigenvalue weighted by molar-refractivity contribution is 5.56. The van der Waals surface area contributed by atoms with Gasteiger partial charge in [0, 0.05) is 6.20 Å². The van der Waals surface area contributed by atoms with Crippen LogP contribution in [-0.2, 0) is 0 Å². The van der Waals surface area contributed by atoms with Crippen molar-refractivity contribution in [2.45, 2.75) is 6.92 Å². The summed E-state index contributed by atoms with van der Waals surface area (Å²) >= 11 is 0. The van der Waals surface area contributed by atoms with E-state index in [4.69, 9.17) is 16.3 Å². The summed E-state index contributed by atoms with van der Waals surface area (Å²) in [5, 5.41) is 0. The minimum absolute atomic E-state index is 0.173. The van der Waals surface area contributed by atoms with E-state index in [1.165, 1.54) is 13.3 Å². The summed E-state index contributed by atoms with van der Waals surface area (Å²) in [7, 11) is 1.40. The Labute approximate surface area is 86.1 Å². The average Bonchev–Trinajstić information content (AvgIpc) is 2.19. The molecule has 15 heavy (non-hydrogen) atoms. The molecule has 0 radical (unpaired) electrons. The molecule has 0 spiro atoms. The van der Waals surface area contributed by atoms with Crippen molar-refractivity contribution in [3.63, 3.8) is 0 Å². The molecule has 7 heteroatoms. The zero-order chi connectivity index (χ0) is 11.4. The summed E-state index contributed by atoms with van der Waals surface area (Å²) in [5.74, 6) is 5.63. The van der Waals surface area contributed by atoms with Gasteiger partial charge in [0.05, 0.1) is 12.8 Å². The van der Waals surface area contributed by atoms with Crippen LogP contribution in [-0.4, -0.2) is 17.1 Å². The molecule has 82 valence electrons. The van der Waals surface area contributed by atoms with Gasteiger partial charge in [0.1, 0.15) is 5.70 Å². The Morgan fingerprint density at radius 1 is 1.67 bits per heavy atom. The summed E-state index contributed by atoms with van der Waals surface area (Å²) in [6.45, 7) is 1.65. The summed E-state index contributed by atoms with van der Waals surface area (Å²) in [6, 6.07) is 0. The maximum atomic E-state index is 11.5. The number of aryl methyl sites for hydroxylation is 1. The fraction of sp³-hybridized carbons (Fsp3) is 0.250. The second-order valence-corrected chi connectivity index (χ2v) is 2.76. The molecule has 0 aliphatic carbocycles. The Bertz CT molecular complexity index is 437. The van der Waals surface area contributed by atoms with Gasteiger partial charge in [-0.1, -0.05) is 0 Å². The molecule has 0 bridgehead atoms. The van der Waals surface area contributed by atoms with Gasteiger partial charge in [0.25, 0.3) is 5.56 Å². The van der Waals surface area contributed by atoms with Gasteiger partial charge in [-0.05, 0) is 6.92 Å². The molecule has 0 saturated carbocycles. The van der Waals surface area contributed by atoms with E-state index in [1.54, 1.807) is 6.92 Å². The standard InChI is InChI=1S/C8H13N5O2/c1-4-6(15-2)8(14)12-7(11-4)5(3-9)13-10/h3,13H,9-10H2,1-2H3,(H,11,12,14)/b5-3-. The summed E-state index contributed by atoms with van der Waals surface area (Å²) in [5.41, 5.74) is 8.03. The van der Waals surface area contributed by atoms with Crippen molar-refractivity contribution in [1.82, 2.24) is 15.4 Å². The Hall–Kier alpha value is -2.02. The van der Waals surface area contributed by atoms with E-state index in [-0.39, 0.29) is 17.1 Å². The second-order valence-electron chi connectivity index (χ2n) is 2.76. The van der Waals surface area contributed by atoms with Crippen molar-refractivity contribution in [3.8, 4) is 5.75 Å². The van der Waals surface area contributed by atoms with E-state index < -0.39 is 0 Å². The highest BCUT2D eigenvalue weighted by atomic mass is 16.5. The molecule has 1 heterocycles. The lowest BCUT2D eigenvalue weighted by Crippen LogP contribution is -2.25. The van der Waals surface area contributed by atoms with Gasteiger partial charge in [0.15, 0.2) is 5.82 Å². The topological polar surface area (TPSA) is 119 Å². The highest BCUT2D eigenvalue weighted by Crippen LogP contribution is 2.09. The summed E-state index contributed by atoms with van der Waals surface area (Å²) in [6.07, 6.45) is 1.21. The van der Waals surface area contributed by atoms with Crippen molar-refractivity contribution in [1.29, 1.82) is 0 Å². The fourth-order valence-corrected chi connectivity index (χ4v) is 1.14. The normalized spacial score (nSPS) is 11.3. The van der Waals surface area contributed by atoms with Crippen LogP contribution in [0.25, 0.3) is 5.70 Å². The van der Waals surface area contributed by atoms with E-state index in [0.29, 0.717) is 11.4 Å². The second kappa shape index (κ2) is 4.47. The number of aromatic amines is 1. The first-order chi connectivity index (χ1) is 7.13. The quantitative estimate of drug-likeness (QED) is 0.368. The third-order valence-electron chi connectivity index (χ3n) is 1.83. The Morgan fingerprint density at radius 3 is 2.73 bits per heavy atom.